The summed E-state index contributed by atoms with van der Waals surface area (Å²) < 4.78 is 1.03. The van der Waals surface area contributed by atoms with E-state index >= 15 is 0 Å². The van der Waals surface area contributed by atoms with Gasteiger partial charge in [0.1, 0.15) is 0 Å². The fourth-order valence-corrected chi connectivity index (χ4v) is 3.12. The lowest BCUT2D eigenvalue weighted by Gasteiger charge is -2.30. The maximum Gasteiger partial charge on any atom is 0.224 e. The highest BCUT2D eigenvalue weighted by atomic mass is 79.9. The first-order valence-corrected chi connectivity index (χ1v) is 9.23. The Labute approximate surface area is 153 Å². The van der Waals surface area contributed by atoms with Gasteiger partial charge in [-0.05, 0) is 36.3 Å². The second kappa shape index (κ2) is 9.60. The second-order valence-electron chi connectivity index (χ2n) is 5.76. The van der Waals surface area contributed by atoms with Crippen molar-refractivity contribution >= 4 is 21.8 Å². The molecule has 1 atom stereocenters. The first kappa shape index (κ1) is 18.7. The summed E-state index contributed by atoms with van der Waals surface area (Å²) in [6.45, 7) is 6.85. The SMILES string of the molecule is CCN(CC)C(CNC(=O)Cc1ccc(Br)cc1)c1ccccc1. The number of benzene rings is 2. The van der Waals surface area contributed by atoms with Crippen LogP contribution in [0.15, 0.2) is 59.1 Å². The maximum absolute atomic E-state index is 12.3. The Kier molecular flexibility index (Phi) is 7.47. The molecule has 0 saturated carbocycles. The Hall–Kier alpha value is -1.65. The molecule has 0 aliphatic carbocycles. The van der Waals surface area contributed by atoms with Crippen molar-refractivity contribution in [2.75, 3.05) is 19.6 Å². The van der Waals surface area contributed by atoms with Gasteiger partial charge in [-0.15, -0.1) is 0 Å². The van der Waals surface area contributed by atoms with Crippen LogP contribution in [0.2, 0.25) is 0 Å². The van der Waals surface area contributed by atoms with Gasteiger partial charge in [-0.3, -0.25) is 9.69 Å². The van der Waals surface area contributed by atoms with Gasteiger partial charge >= 0.3 is 0 Å². The summed E-state index contributed by atoms with van der Waals surface area (Å²) in [5, 5.41) is 3.10. The highest BCUT2D eigenvalue weighted by Gasteiger charge is 2.18. The third-order valence-electron chi connectivity index (χ3n) is 4.21. The van der Waals surface area contributed by atoms with Crippen molar-refractivity contribution in [2.45, 2.75) is 26.3 Å². The fourth-order valence-electron chi connectivity index (χ4n) is 2.86. The Balaban J connectivity index is 1.99. The second-order valence-corrected chi connectivity index (χ2v) is 6.67. The molecule has 0 aliphatic heterocycles. The van der Waals surface area contributed by atoms with E-state index in [4.69, 9.17) is 0 Å². The van der Waals surface area contributed by atoms with E-state index in [0.29, 0.717) is 13.0 Å². The third kappa shape index (κ3) is 5.46. The molecule has 0 saturated heterocycles. The molecule has 2 aromatic carbocycles. The lowest BCUT2D eigenvalue weighted by atomic mass is 10.0. The predicted octanol–water partition coefficient (Wildman–Crippen LogP) is 4.19. The third-order valence-corrected chi connectivity index (χ3v) is 4.74. The normalized spacial score (nSPS) is 12.2. The molecule has 1 N–H and O–H groups in total. The molecule has 2 aromatic rings. The number of halogens is 1. The van der Waals surface area contributed by atoms with Gasteiger partial charge in [0.2, 0.25) is 5.91 Å². The van der Waals surface area contributed by atoms with E-state index in [1.54, 1.807) is 0 Å². The molecule has 2 rings (SSSR count). The van der Waals surface area contributed by atoms with Crippen LogP contribution in [0.4, 0.5) is 0 Å². The van der Waals surface area contributed by atoms with E-state index in [1.807, 2.05) is 30.3 Å². The minimum Gasteiger partial charge on any atom is -0.354 e. The van der Waals surface area contributed by atoms with Crippen molar-refractivity contribution in [3.8, 4) is 0 Å². The topological polar surface area (TPSA) is 32.3 Å². The van der Waals surface area contributed by atoms with E-state index in [0.717, 1.165) is 23.1 Å². The molecular formula is C20H25BrN2O. The zero-order valence-electron chi connectivity index (χ0n) is 14.3. The Morgan fingerprint density at radius 2 is 1.67 bits per heavy atom. The fraction of sp³-hybridized carbons (Fsp3) is 0.350. The van der Waals surface area contributed by atoms with Crippen LogP contribution < -0.4 is 5.32 Å². The minimum atomic E-state index is 0.0606. The average molecular weight is 389 g/mol. The number of hydrogen-bond acceptors (Lipinski definition) is 2. The van der Waals surface area contributed by atoms with Gasteiger partial charge in [0.15, 0.2) is 0 Å². The molecule has 0 aromatic heterocycles. The quantitative estimate of drug-likeness (QED) is 0.734. The van der Waals surface area contributed by atoms with Crippen LogP contribution in [0, 0.1) is 0 Å². The first-order chi connectivity index (χ1) is 11.6. The predicted molar refractivity (Wildman–Crippen MR) is 103 cm³/mol. The smallest absolute Gasteiger partial charge is 0.224 e. The summed E-state index contributed by atoms with van der Waals surface area (Å²) in [6, 6.07) is 18.5. The van der Waals surface area contributed by atoms with Crippen LogP contribution >= 0.6 is 15.9 Å². The van der Waals surface area contributed by atoms with Crippen LogP contribution in [0.3, 0.4) is 0 Å². The van der Waals surface area contributed by atoms with Crippen LogP contribution in [-0.4, -0.2) is 30.4 Å². The number of hydrogen-bond donors (Lipinski definition) is 1. The first-order valence-electron chi connectivity index (χ1n) is 8.44. The molecule has 0 heterocycles. The van der Waals surface area contributed by atoms with E-state index in [1.165, 1.54) is 5.56 Å². The average Bonchev–Trinajstić information content (AvgIpc) is 2.61. The number of nitrogens with zero attached hydrogens (tertiary/aromatic N) is 1. The van der Waals surface area contributed by atoms with Crippen molar-refractivity contribution in [3.05, 3.63) is 70.2 Å². The zero-order valence-corrected chi connectivity index (χ0v) is 15.9. The summed E-state index contributed by atoms with van der Waals surface area (Å²) in [4.78, 5) is 14.7. The molecule has 24 heavy (non-hydrogen) atoms. The molecular weight excluding hydrogens is 364 g/mol. The largest absolute Gasteiger partial charge is 0.354 e. The monoisotopic (exact) mass is 388 g/mol. The molecule has 0 aliphatic rings. The van der Waals surface area contributed by atoms with E-state index in [9.17, 15) is 4.79 Å². The zero-order chi connectivity index (χ0) is 17.4. The molecule has 0 fully saturated rings. The van der Waals surface area contributed by atoms with Crippen molar-refractivity contribution in [2.24, 2.45) is 0 Å². The van der Waals surface area contributed by atoms with Gasteiger partial charge in [0, 0.05) is 11.0 Å². The highest BCUT2D eigenvalue weighted by Crippen LogP contribution is 2.19. The molecule has 0 radical (unpaired) electrons. The van der Waals surface area contributed by atoms with E-state index in [2.05, 4.69) is 64.3 Å². The Bertz CT molecular complexity index is 624. The summed E-state index contributed by atoms with van der Waals surface area (Å²) in [5.41, 5.74) is 2.26. The minimum absolute atomic E-state index is 0.0606. The number of nitrogens with one attached hydrogen (secondary N) is 1. The lowest BCUT2D eigenvalue weighted by molar-refractivity contribution is -0.120. The van der Waals surface area contributed by atoms with Gasteiger partial charge in [-0.1, -0.05) is 72.2 Å². The van der Waals surface area contributed by atoms with Crippen molar-refractivity contribution in [1.29, 1.82) is 0 Å². The van der Waals surface area contributed by atoms with Gasteiger partial charge in [-0.25, -0.2) is 0 Å². The lowest BCUT2D eigenvalue weighted by Crippen LogP contribution is -2.38. The number of likely N-dealkylation sites (N-methyl/N-ethyl adjacent to an activating group) is 1. The summed E-state index contributed by atoms with van der Waals surface area (Å²) in [5.74, 6) is 0.0606. The molecule has 1 amide bonds. The van der Waals surface area contributed by atoms with E-state index in [-0.39, 0.29) is 11.9 Å². The van der Waals surface area contributed by atoms with Crippen molar-refractivity contribution < 1.29 is 4.79 Å². The Morgan fingerprint density at radius 1 is 1.04 bits per heavy atom. The maximum atomic E-state index is 12.3. The Morgan fingerprint density at radius 3 is 2.25 bits per heavy atom. The molecule has 3 nitrogen and oxygen atoms in total. The van der Waals surface area contributed by atoms with Gasteiger partial charge < -0.3 is 5.32 Å². The van der Waals surface area contributed by atoms with Crippen molar-refractivity contribution in [3.63, 3.8) is 0 Å². The van der Waals surface area contributed by atoms with Crippen LogP contribution in [-0.2, 0) is 11.2 Å². The summed E-state index contributed by atoms with van der Waals surface area (Å²) >= 11 is 3.41. The van der Waals surface area contributed by atoms with Crippen molar-refractivity contribution in [1.82, 2.24) is 10.2 Å². The van der Waals surface area contributed by atoms with Gasteiger partial charge in [0.05, 0.1) is 12.5 Å². The molecule has 0 bridgehead atoms. The molecule has 128 valence electrons. The number of carbonyl (C=O) groups excluding carboxylic acids is 1. The van der Waals surface area contributed by atoms with Crippen LogP contribution in [0.25, 0.3) is 0 Å². The number of carbonyl (C=O) groups is 1. The van der Waals surface area contributed by atoms with Gasteiger partial charge in [-0.2, -0.15) is 0 Å². The number of rotatable bonds is 8. The van der Waals surface area contributed by atoms with Crippen LogP contribution in [0.5, 0.6) is 0 Å². The summed E-state index contributed by atoms with van der Waals surface area (Å²) in [6.07, 6.45) is 0.410. The number of amides is 1. The summed E-state index contributed by atoms with van der Waals surface area (Å²) in [7, 11) is 0. The molecule has 1 unspecified atom stereocenters. The van der Waals surface area contributed by atoms with E-state index < -0.39 is 0 Å². The molecule has 4 heteroatoms. The molecule has 0 spiro atoms. The highest BCUT2D eigenvalue weighted by molar-refractivity contribution is 9.10. The van der Waals surface area contributed by atoms with Gasteiger partial charge in [0.25, 0.3) is 0 Å². The van der Waals surface area contributed by atoms with Crippen LogP contribution in [0.1, 0.15) is 31.0 Å². The standard InChI is InChI=1S/C20H25BrN2O/c1-3-23(4-2)19(17-8-6-5-7-9-17)15-22-20(24)14-16-10-12-18(21)13-11-16/h5-13,19H,3-4,14-15H2,1-2H3,(H,22,24).